The summed E-state index contributed by atoms with van der Waals surface area (Å²) >= 11 is 0. The van der Waals surface area contributed by atoms with E-state index in [1.807, 2.05) is 59.8 Å². The summed E-state index contributed by atoms with van der Waals surface area (Å²) in [7, 11) is 0. The van der Waals surface area contributed by atoms with Crippen LogP contribution in [-0.4, -0.2) is 22.5 Å². The molecule has 1 aromatic carbocycles. The molecule has 2 saturated carbocycles. The molecule has 0 spiro atoms. The van der Waals surface area contributed by atoms with E-state index in [1.54, 1.807) is 6.07 Å². The van der Waals surface area contributed by atoms with Crippen LogP contribution in [0.3, 0.4) is 0 Å². The third-order valence-electron chi connectivity index (χ3n) is 10.6. The third kappa shape index (κ3) is 6.95. The molecule has 2 aliphatic rings. The molecular weight excluding hydrogens is 556 g/mol. The SMILES string of the molecule is CC(C)=CCCCC(C)=CCC12CC(CC=C(C)C)C(C)(C)C(CC=C(C)C)(C(=O)C(=C(O)c3ccc(C)c(C)c3)C1=O)C2=O. The van der Waals surface area contributed by atoms with Crippen LogP contribution in [0.25, 0.3) is 5.76 Å². The summed E-state index contributed by atoms with van der Waals surface area (Å²) in [6.07, 6.45) is 12.7. The average Bonchev–Trinajstić information content (AvgIpc) is 2.95. The fourth-order valence-electron chi connectivity index (χ4n) is 7.27. The number of hydrogen-bond acceptors (Lipinski definition) is 4. The molecule has 3 unspecified atom stereocenters. The summed E-state index contributed by atoms with van der Waals surface area (Å²) in [4.78, 5) is 44.9. The number of allylic oxidation sites excluding steroid dienone is 9. The van der Waals surface area contributed by atoms with Crippen molar-refractivity contribution in [2.24, 2.45) is 22.2 Å². The van der Waals surface area contributed by atoms with Gasteiger partial charge >= 0.3 is 0 Å². The molecule has 3 rings (SSSR count). The number of aryl methyl sites for hydroxylation is 2. The fraction of sp³-hybridized carbons (Fsp3) is 0.537. The van der Waals surface area contributed by atoms with Crippen LogP contribution >= 0.6 is 0 Å². The summed E-state index contributed by atoms with van der Waals surface area (Å²) in [5.41, 5.74) is 3.15. The Balaban J connectivity index is 2.33. The van der Waals surface area contributed by atoms with Gasteiger partial charge in [0.1, 0.15) is 16.7 Å². The van der Waals surface area contributed by atoms with E-state index < -0.39 is 27.8 Å². The smallest absolute Gasteiger partial charge is 0.184 e. The van der Waals surface area contributed by atoms with Crippen molar-refractivity contribution < 1.29 is 19.5 Å². The lowest BCUT2D eigenvalue weighted by atomic mass is 9.38. The van der Waals surface area contributed by atoms with Gasteiger partial charge < -0.3 is 5.11 Å². The van der Waals surface area contributed by atoms with Crippen LogP contribution in [-0.2, 0) is 14.4 Å². The maximum absolute atomic E-state index is 15.1. The van der Waals surface area contributed by atoms with Gasteiger partial charge in [-0.1, -0.05) is 72.6 Å². The van der Waals surface area contributed by atoms with Gasteiger partial charge in [-0.05, 0) is 136 Å². The second kappa shape index (κ2) is 14.0. The minimum absolute atomic E-state index is 0.0831. The average molecular weight is 613 g/mol. The van der Waals surface area contributed by atoms with E-state index in [0.29, 0.717) is 18.4 Å². The zero-order valence-electron chi connectivity index (χ0n) is 29.7. The number of fused-ring (bicyclic) bond motifs is 2. The summed E-state index contributed by atoms with van der Waals surface area (Å²) in [6.45, 7) is 22.3. The number of carbonyl (C=O) groups excluding carboxylic acids is 3. The molecule has 1 N–H and O–H groups in total. The van der Waals surface area contributed by atoms with Crippen LogP contribution < -0.4 is 0 Å². The maximum Gasteiger partial charge on any atom is 0.184 e. The van der Waals surface area contributed by atoms with Crippen LogP contribution in [0.2, 0.25) is 0 Å². The molecule has 2 fully saturated rings. The number of aliphatic hydroxyl groups excluding tert-OH is 1. The molecule has 1 aromatic rings. The first-order valence-electron chi connectivity index (χ1n) is 16.6. The van der Waals surface area contributed by atoms with E-state index >= 15 is 4.79 Å². The largest absolute Gasteiger partial charge is 0.506 e. The van der Waals surface area contributed by atoms with Crippen LogP contribution in [0.15, 0.2) is 70.4 Å². The van der Waals surface area contributed by atoms with Crippen molar-refractivity contribution in [1.82, 2.24) is 0 Å². The maximum atomic E-state index is 15.1. The highest BCUT2D eigenvalue weighted by molar-refractivity contribution is 6.41. The zero-order valence-corrected chi connectivity index (χ0v) is 29.7. The molecule has 0 aliphatic heterocycles. The highest BCUT2D eigenvalue weighted by Gasteiger charge is 2.73. The molecule has 2 bridgehead atoms. The van der Waals surface area contributed by atoms with Crippen LogP contribution in [0.4, 0.5) is 0 Å². The van der Waals surface area contributed by atoms with Crippen molar-refractivity contribution in [2.45, 2.75) is 121 Å². The monoisotopic (exact) mass is 612 g/mol. The Morgan fingerprint density at radius 3 is 2.02 bits per heavy atom. The summed E-state index contributed by atoms with van der Waals surface area (Å²) in [5, 5.41) is 11.8. The Labute approximate surface area is 272 Å². The summed E-state index contributed by atoms with van der Waals surface area (Å²) in [5.74, 6) is -1.72. The predicted molar refractivity (Wildman–Crippen MR) is 187 cm³/mol. The van der Waals surface area contributed by atoms with Crippen LogP contribution in [0.1, 0.15) is 124 Å². The van der Waals surface area contributed by atoms with Gasteiger partial charge in [-0.2, -0.15) is 0 Å². The third-order valence-corrected chi connectivity index (χ3v) is 10.6. The van der Waals surface area contributed by atoms with Gasteiger partial charge in [-0.25, -0.2) is 0 Å². The zero-order chi connectivity index (χ0) is 33.9. The Kier molecular flexibility index (Phi) is 11.3. The van der Waals surface area contributed by atoms with Crippen LogP contribution in [0, 0.1) is 36.0 Å². The van der Waals surface area contributed by atoms with Gasteiger partial charge in [-0.15, -0.1) is 0 Å². The molecule has 0 aromatic heterocycles. The number of unbranched alkanes of at least 4 members (excludes halogenated alkanes) is 1. The van der Waals surface area contributed by atoms with Crippen molar-refractivity contribution in [1.29, 1.82) is 0 Å². The van der Waals surface area contributed by atoms with E-state index in [-0.39, 0.29) is 35.9 Å². The van der Waals surface area contributed by atoms with Gasteiger partial charge in [0.05, 0.1) is 5.41 Å². The van der Waals surface area contributed by atoms with Gasteiger partial charge in [0.2, 0.25) is 0 Å². The fourth-order valence-corrected chi connectivity index (χ4v) is 7.27. The molecule has 4 heteroatoms. The van der Waals surface area contributed by atoms with Crippen molar-refractivity contribution in [3.05, 3.63) is 87.1 Å². The first-order chi connectivity index (χ1) is 20.9. The lowest BCUT2D eigenvalue weighted by Crippen LogP contribution is -2.69. The van der Waals surface area contributed by atoms with Crippen LogP contribution in [0.5, 0.6) is 0 Å². The van der Waals surface area contributed by atoms with E-state index in [9.17, 15) is 14.7 Å². The van der Waals surface area contributed by atoms with Gasteiger partial charge in [-0.3, -0.25) is 14.4 Å². The lowest BCUT2D eigenvalue weighted by Gasteiger charge is -2.60. The molecule has 45 heavy (non-hydrogen) atoms. The topological polar surface area (TPSA) is 71.4 Å². The number of Topliss-reactive ketones (excluding diaryl/α,β-unsaturated/α-hetero) is 3. The Morgan fingerprint density at radius 1 is 0.822 bits per heavy atom. The molecule has 3 atom stereocenters. The standard InChI is InChI=1S/C41H56O4/c1-26(2)14-12-13-15-29(7)21-22-40-25-33(19-16-27(3)4)39(10,11)41(38(40)45,23-20-28(5)6)37(44)34(36(40)43)35(42)32-18-17-30(8)31(9)24-32/h14,16-18,20-21,24,33,42H,12-13,15,19,22-23,25H2,1-11H3. The normalized spacial score (nSPS) is 25.5. The molecule has 4 nitrogen and oxygen atoms in total. The van der Waals surface area contributed by atoms with E-state index in [2.05, 4.69) is 52.8 Å². The molecule has 2 aliphatic carbocycles. The predicted octanol–water partition coefficient (Wildman–Crippen LogP) is 10.5. The van der Waals surface area contributed by atoms with Crippen molar-refractivity contribution >= 4 is 23.1 Å². The highest BCUT2D eigenvalue weighted by Crippen LogP contribution is 2.65. The second-order valence-corrected chi connectivity index (χ2v) is 15.1. The first kappa shape index (κ1) is 36.2. The molecular formula is C41H56O4. The first-order valence-corrected chi connectivity index (χ1v) is 16.6. The number of rotatable bonds is 11. The number of aliphatic hydroxyl groups is 1. The molecule has 244 valence electrons. The molecule has 0 radical (unpaired) electrons. The van der Waals surface area contributed by atoms with E-state index in [0.717, 1.165) is 47.1 Å². The lowest BCUT2D eigenvalue weighted by molar-refractivity contribution is -0.176. The minimum atomic E-state index is -1.48. The molecule has 0 saturated heterocycles. The highest BCUT2D eigenvalue weighted by atomic mass is 16.3. The quantitative estimate of drug-likeness (QED) is 0.0674. The molecule has 0 heterocycles. The van der Waals surface area contributed by atoms with Crippen molar-refractivity contribution in [3.63, 3.8) is 0 Å². The van der Waals surface area contributed by atoms with Gasteiger partial charge in [0, 0.05) is 5.56 Å². The number of hydrogen-bond donors (Lipinski definition) is 1. The van der Waals surface area contributed by atoms with Gasteiger partial charge in [0.25, 0.3) is 0 Å². The Bertz CT molecular complexity index is 1500. The van der Waals surface area contributed by atoms with Crippen molar-refractivity contribution in [3.8, 4) is 0 Å². The number of carbonyl (C=O) groups is 3. The summed E-state index contributed by atoms with van der Waals surface area (Å²) in [6, 6.07) is 5.46. The van der Waals surface area contributed by atoms with E-state index in [1.165, 1.54) is 5.57 Å². The van der Waals surface area contributed by atoms with E-state index in [4.69, 9.17) is 0 Å². The Hall–Kier alpha value is -3.27. The molecule has 0 amide bonds. The number of ketones is 3. The van der Waals surface area contributed by atoms with Crippen molar-refractivity contribution in [2.75, 3.05) is 0 Å². The second-order valence-electron chi connectivity index (χ2n) is 15.1. The van der Waals surface area contributed by atoms with Gasteiger partial charge in [0.15, 0.2) is 17.3 Å². The number of benzene rings is 1. The Morgan fingerprint density at radius 2 is 1.44 bits per heavy atom. The minimum Gasteiger partial charge on any atom is -0.506 e. The summed E-state index contributed by atoms with van der Waals surface area (Å²) < 4.78 is 0.